The lowest BCUT2D eigenvalue weighted by atomic mass is 9.43. The van der Waals surface area contributed by atoms with Crippen LogP contribution in [0.2, 0.25) is 0 Å². The summed E-state index contributed by atoms with van der Waals surface area (Å²) in [5.41, 5.74) is 5.71. The van der Waals surface area contributed by atoms with Crippen LogP contribution in [0.4, 0.5) is 0 Å². The van der Waals surface area contributed by atoms with Crippen LogP contribution in [0.3, 0.4) is 0 Å². The van der Waals surface area contributed by atoms with Crippen LogP contribution in [0.15, 0.2) is 0 Å². The van der Waals surface area contributed by atoms with Gasteiger partial charge in [0.1, 0.15) is 0 Å². The molecule has 5 nitrogen and oxygen atoms in total. The molecule has 0 aromatic heterocycles. The Balaban J connectivity index is 1.54. The van der Waals surface area contributed by atoms with Crippen molar-refractivity contribution in [3.63, 3.8) is 0 Å². The number of hydrogen-bond donors (Lipinski definition) is 1. The van der Waals surface area contributed by atoms with Crippen LogP contribution >= 0.6 is 0 Å². The third-order valence-electron chi connectivity index (χ3n) is 7.08. The molecule has 6 heteroatoms. The van der Waals surface area contributed by atoms with Gasteiger partial charge in [-0.15, -0.1) is 0 Å². The summed E-state index contributed by atoms with van der Waals surface area (Å²) in [4.78, 5) is 13.9. The summed E-state index contributed by atoms with van der Waals surface area (Å²) >= 11 is 0. The van der Waals surface area contributed by atoms with Gasteiger partial charge in [-0.05, 0) is 49.9 Å². The molecule has 2 N–H and O–H groups in total. The number of hydrogen-bond acceptors (Lipinski definition) is 4. The van der Waals surface area contributed by atoms with E-state index in [1.807, 2.05) is 4.90 Å². The number of carbonyl (C=O) groups excluding carboxylic acids is 1. The van der Waals surface area contributed by atoms with E-state index < -0.39 is 0 Å². The highest BCUT2D eigenvalue weighted by molar-refractivity contribution is 6.48. The molecule has 2 saturated heterocycles. The van der Waals surface area contributed by atoms with Crippen LogP contribution in [0.5, 0.6) is 0 Å². The number of amides is 1. The van der Waals surface area contributed by atoms with Gasteiger partial charge >= 0.3 is 7.12 Å². The quantitative estimate of drug-likeness (QED) is 0.779. The van der Waals surface area contributed by atoms with E-state index in [-0.39, 0.29) is 37.2 Å². The van der Waals surface area contributed by atoms with Crippen molar-refractivity contribution >= 4 is 13.0 Å². The molecule has 22 heavy (non-hydrogen) atoms. The van der Waals surface area contributed by atoms with E-state index in [0.717, 1.165) is 31.7 Å². The molecular formula is C16H27BN2O3. The van der Waals surface area contributed by atoms with Crippen LogP contribution in [0.25, 0.3) is 0 Å². The van der Waals surface area contributed by atoms with Gasteiger partial charge in [-0.2, -0.15) is 0 Å². The fraction of sp³-hybridized carbons (Fsp3) is 0.938. The van der Waals surface area contributed by atoms with Crippen LogP contribution < -0.4 is 5.73 Å². The standard InChI is InChI=1S/C16H27BN2O3/c1-15(2)10-7-11(15)16(3)12(8-10)21-17(22-16)13-5-4-6-19(13)14(20)9-18/h10-13H,4-9,18H2,1-3H3/t10-,11-,12?,13-,16-/m0/s1. The average molecular weight is 306 g/mol. The van der Waals surface area contributed by atoms with Crippen molar-refractivity contribution in [3.05, 3.63) is 0 Å². The molecule has 0 spiro atoms. The number of rotatable bonds is 2. The Bertz CT molecular complexity index is 500. The monoisotopic (exact) mass is 306 g/mol. The van der Waals surface area contributed by atoms with E-state index in [1.165, 1.54) is 6.42 Å². The lowest BCUT2D eigenvalue weighted by Gasteiger charge is -2.64. The topological polar surface area (TPSA) is 64.8 Å². The molecule has 2 bridgehead atoms. The fourth-order valence-electron chi connectivity index (χ4n) is 5.57. The van der Waals surface area contributed by atoms with E-state index in [1.54, 1.807) is 0 Å². The Morgan fingerprint density at radius 3 is 2.82 bits per heavy atom. The maximum atomic E-state index is 12.0. The molecule has 2 aliphatic heterocycles. The van der Waals surface area contributed by atoms with Crippen LogP contribution in [0, 0.1) is 17.3 Å². The summed E-state index contributed by atoms with van der Waals surface area (Å²) in [6.07, 6.45) is 4.50. The van der Waals surface area contributed by atoms with Crippen molar-refractivity contribution in [2.75, 3.05) is 13.1 Å². The molecule has 0 aromatic carbocycles. The molecule has 122 valence electrons. The molecule has 2 heterocycles. The van der Waals surface area contributed by atoms with Gasteiger partial charge in [0.2, 0.25) is 5.91 Å². The lowest BCUT2D eigenvalue weighted by Crippen LogP contribution is -2.65. The molecule has 5 aliphatic rings. The largest absolute Gasteiger partial charge is 0.481 e. The van der Waals surface area contributed by atoms with E-state index in [2.05, 4.69) is 20.8 Å². The minimum absolute atomic E-state index is 0.0133. The Hall–Kier alpha value is -0.585. The highest BCUT2D eigenvalue weighted by Crippen LogP contribution is 2.65. The summed E-state index contributed by atoms with van der Waals surface area (Å²) in [6.45, 7) is 7.81. The molecule has 3 saturated carbocycles. The molecule has 0 radical (unpaired) electrons. The molecule has 5 rings (SSSR count). The van der Waals surface area contributed by atoms with Gasteiger partial charge in [-0.25, -0.2) is 0 Å². The zero-order chi connectivity index (χ0) is 15.7. The predicted octanol–water partition coefficient (Wildman–Crippen LogP) is 1.20. The van der Waals surface area contributed by atoms with Gasteiger partial charge in [0.05, 0.1) is 24.2 Å². The van der Waals surface area contributed by atoms with Crippen LogP contribution in [-0.2, 0) is 14.1 Å². The minimum Gasteiger partial charge on any atom is -0.404 e. The second kappa shape index (κ2) is 4.71. The maximum Gasteiger partial charge on any atom is 0.481 e. The SMILES string of the molecule is CC1(C)[C@@H]2CC3OB([C@@H]4CCCN4C(=O)CN)O[C@@]3(C)[C@H]1C2. The number of nitrogens with zero attached hydrogens (tertiary/aromatic N) is 1. The van der Waals surface area contributed by atoms with Gasteiger partial charge in [0.25, 0.3) is 0 Å². The first-order valence-corrected chi connectivity index (χ1v) is 8.70. The third-order valence-corrected chi connectivity index (χ3v) is 7.08. The van der Waals surface area contributed by atoms with E-state index in [0.29, 0.717) is 11.3 Å². The Kier molecular flexibility index (Phi) is 3.21. The van der Waals surface area contributed by atoms with Crippen molar-refractivity contribution in [2.45, 2.75) is 64.1 Å². The molecule has 5 atom stereocenters. The normalized spacial score (nSPS) is 45.6. The second-order valence-corrected chi connectivity index (χ2v) is 8.34. The molecule has 0 aromatic rings. The molecule has 5 fully saturated rings. The van der Waals surface area contributed by atoms with Crippen molar-refractivity contribution in [1.82, 2.24) is 4.90 Å². The van der Waals surface area contributed by atoms with Crippen molar-refractivity contribution in [1.29, 1.82) is 0 Å². The minimum atomic E-state index is -0.275. The van der Waals surface area contributed by atoms with Gasteiger partial charge in [0.15, 0.2) is 0 Å². The van der Waals surface area contributed by atoms with Crippen molar-refractivity contribution < 1.29 is 14.1 Å². The van der Waals surface area contributed by atoms with Gasteiger partial charge < -0.3 is 19.9 Å². The first-order chi connectivity index (χ1) is 10.4. The first-order valence-electron chi connectivity index (χ1n) is 8.70. The van der Waals surface area contributed by atoms with Gasteiger partial charge in [-0.3, -0.25) is 4.79 Å². The second-order valence-electron chi connectivity index (χ2n) is 8.34. The Morgan fingerprint density at radius 1 is 1.36 bits per heavy atom. The van der Waals surface area contributed by atoms with E-state index in [4.69, 9.17) is 15.0 Å². The first kappa shape index (κ1) is 15.0. The zero-order valence-corrected chi connectivity index (χ0v) is 13.9. The highest BCUT2D eigenvalue weighted by Gasteiger charge is 2.68. The third kappa shape index (κ3) is 1.80. The average Bonchev–Trinajstić information content (AvgIpc) is 3.08. The number of likely N-dealkylation sites (tertiary alicyclic amines) is 1. The maximum absolute atomic E-state index is 12.0. The highest BCUT2D eigenvalue weighted by atomic mass is 16.7. The molecule has 1 amide bonds. The predicted molar refractivity (Wildman–Crippen MR) is 83.9 cm³/mol. The van der Waals surface area contributed by atoms with Crippen LogP contribution in [-0.4, -0.2) is 48.7 Å². The lowest BCUT2D eigenvalue weighted by molar-refractivity contribution is -0.199. The Labute approximate surface area is 133 Å². The summed E-state index contributed by atoms with van der Waals surface area (Å²) < 4.78 is 12.8. The number of nitrogens with two attached hydrogens (primary N) is 1. The molecule has 3 aliphatic carbocycles. The van der Waals surface area contributed by atoms with Gasteiger partial charge in [0, 0.05) is 6.54 Å². The van der Waals surface area contributed by atoms with E-state index >= 15 is 0 Å². The van der Waals surface area contributed by atoms with E-state index in [9.17, 15) is 4.79 Å². The van der Waals surface area contributed by atoms with Crippen molar-refractivity contribution in [3.8, 4) is 0 Å². The summed E-state index contributed by atoms with van der Waals surface area (Å²) in [7, 11) is -0.275. The summed E-state index contributed by atoms with van der Waals surface area (Å²) in [5, 5.41) is 0. The van der Waals surface area contributed by atoms with Gasteiger partial charge in [-0.1, -0.05) is 13.8 Å². The zero-order valence-electron chi connectivity index (χ0n) is 13.9. The molecular weight excluding hydrogens is 279 g/mol. The summed E-state index contributed by atoms with van der Waals surface area (Å²) in [5.74, 6) is 1.37. The van der Waals surface area contributed by atoms with Crippen LogP contribution in [0.1, 0.15) is 46.5 Å². The fourth-order valence-corrected chi connectivity index (χ4v) is 5.57. The smallest absolute Gasteiger partial charge is 0.404 e. The number of carbonyl (C=O) groups is 1. The molecule has 1 unspecified atom stereocenters. The summed E-state index contributed by atoms with van der Waals surface area (Å²) in [6, 6.07) is 0. The Morgan fingerprint density at radius 2 is 2.14 bits per heavy atom. The van der Waals surface area contributed by atoms with Crippen molar-refractivity contribution in [2.24, 2.45) is 23.0 Å².